The first-order valence-electron chi connectivity index (χ1n) is 2.48. The molecule has 62 valence electrons. The van der Waals surface area contributed by atoms with Gasteiger partial charge in [-0.05, 0) is 0 Å². The van der Waals surface area contributed by atoms with Gasteiger partial charge in [0, 0.05) is 0 Å². The molecule has 0 spiro atoms. The Morgan fingerprint density at radius 1 is 1.36 bits per heavy atom. The van der Waals surface area contributed by atoms with Crippen molar-refractivity contribution in [2.75, 3.05) is 0 Å². The normalized spacial score (nSPS) is 25.6. The lowest BCUT2D eigenvalue weighted by Crippen LogP contribution is -2.46. The van der Waals surface area contributed by atoms with Crippen LogP contribution < -0.4 is 5.32 Å². The predicted octanol–water partition coefficient (Wildman–Crippen LogP) is 0.373. The third kappa shape index (κ3) is 1.06. The van der Waals surface area contributed by atoms with E-state index in [0.29, 0.717) is 0 Å². The number of aliphatic imine (C=N–C) groups is 1. The Balaban J connectivity index is 2.95. The number of halogens is 4. The summed E-state index contributed by atoms with van der Waals surface area (Å²) in [5.41, 5.74) is 0. The Labute approximate surface area is 58.1 Å². The first kappa shape index (κ1) is 7.96. The van der Waals surface area contributed by atoms with Crippen molar-refractivity contribution in [3.8, 4) is 0 Å². The molecule has 7 heteroatoms. The highest BCUT2D eigenvalue weighted by Gasteiger charge is 2.61. The molecule has 1 N–H and O–H groups in total. The molecule has 0 aromatic rings. The maximum atomic E-state index is 12.0. The van der Waals surface area contributed by atoms with Crippen molar-refractivity contribution >= 4 is 12.1 Å². The summed E-state index contributed by atoms with van der Waals surface area (Å²) >= 11 is 0. The highest BCUT2D eigenvalue weighted by Crippen LogP contribution is 2.36. The van der Waals surface area contributed by atoms with Crippen LogP contribution in [-0.4, -0.2) is 24.2 Å². The zero-order valence-corrected chi connectivity index (χ0v) is 4.94. The minimum absolute atomic E-state index is 0.200. The smallest absolute Gasteiger partial charge is 0.302 e. The molecule has 1 aliphatic heterocycles. The van der Waals surface area contributed by atoms with Gasteiger partial charge in [0.2, 0.25) is 0 Å². The first-order chi connectivity index (χ1) is 4.89. The second kappa shape index (κ2) is 1.93. The van der Waals surface area contributed by atoms with Crippen LogP contribution in [0.3, 0.4) is 0 Å². The first-order valence-corrected chi connectivity index (χ1v) is 2.48. The van der Waals surface area contributed by atoms with E-state index in [-0.39, 0.29) is 6.29 Å². The largest absolute Gasteiger partial charge is 0.427 e. The van der Waals surface area contributed by atoms with Crippen LogP contribution in [0.15, 0.2) is 4.99 Å². The van der Waals surface area contributed by atoms with Crippen LogP contribution in [0.2, 0.25) is 0 Å². The predicted molar refractivity (Wildman–Crippen MR) is 26.5 cm³/mol. The lowest BCUT2D eigenvalue weighted by Gasteiger charge is -2.14. The molecule has 1 heterocycles. The lowest BCUT2D eigenvalue weighted by molar-refractivity contribution is -0.200. The van der Waals surface area contributed by atoms with Crippen molar-refractivity contribution in [2.45, 2.75) is 12.1 Å². The Morgan fingerprint density at radius 3 is 2.09 bits per heavy atom. The van der Waals surface area contributed by atoms with E-state index in [1.807, 2.05) is 0 Å². The molecule has 11 heavy (non-hydrogen) atoms. The minimum Gasteiger partial charge on any atom is -0.302 e. The number of hydrogen-bond acceptors (Lipinski definition) is 3. The summed E-state index contributed by atoms with van der Waals surface area (Å²) in [6.45, 7) is 0. The van der Waals surface area contributed by atoms with E-state index < -0.39 is 17.9 Å². The van der Waals surface area contributed by atoms with Crippen molar-refractivity contribution in [1.29, 1.82) is 0 Å². The van der Waals surface area contributed by atoms with Gasteiger partial charge in [0.1, 0.15) is 0 Å². The van der Waals surface area contributed by atoms with E-state index in [2.05, 4.69) is 4.99 Å². The molecule has 0 aromatic carbocycles. The van der Waals surface area contributed by atoms with Gasteiger partial charge in [0.05, 0.1) is 0 Å². The molecule has 0 saturated heterocycles. The molecule has 0 aromatic heterocycles. The average molecular weight is 170 g/mol. The zero-order valence-electron chi connectivity index (χ0n) is 4.94. The Kier molecular flexibility index (Phi) is 1.39. The molecule has 1 aliphatic rings. The number of carbonyl (C=O) groups excluding carboxylic acids is 1. The standard InChI is InChI=1S/C4H2F4N2O/c5-3(6)4(7,8)10-2(1-11)9-3/h1H,(H,9,10). The number of rotatable bonds is 1. The fourth-order valence-corrected chi connectivity index (χ4v) is 0.541. The fraction of sp³-hybridized carbons (Fsp3) is 0.500. The topological polar surface area (TPSA) is 41.5 Å². The van der Waals surface area contributed by atoms with Gasteiger partial charge < -0.3 is 5.32 Å². The van der Waals surface area contributed by atoms with Crippen LogP contribution in [-0.2, 0) is 4.79 Å². The number of hydrogen-bond donors (Lipinski definition) is 1. The SMILES string of the molecule is O=CC1=NC(F)(F)C(F)(F)N1. The molecule has 0 radical (unpaired) electrons. The van der Waals surface area contributed by atoms with Gasteiger partial charge in [-0.1, -0.05) is 0 Å². The van der Waals surface area contributed by atoms with E-state index in [4.69, 9.17) is 0 Å². The van der Waals surface area contributed by atoms with Crippen molar-refractivity contribution in [1.82, 2.24) is 5.32 Å². The lowest BCUT2D eigenvalue weighted by atomic mass is 10.5. The number of alkyl halides is 4. The van der Waals surface area contributed by atoms with Crippen molar-refractivity contribution in [3.05, 3.63) is 0 Å². The molecule has 0 aliphatic carbocycles. The average Bonchev–Trinajstić information content (AvgIpc) is 2.03. The van der Waals surface area contributed by atoms with Gasteiger partial charge in [0.25, 0.3) is 0 Å². The molecule has 3 nitrogen and oxygen atoms in total. The summed E-state index contributed by atoms with van der Waals surface area (Å²) in [6, 6.07) is -8.98. The Hall–Kier alpha value is -1.14. The van der Waals surface area contributed by atoms with Gasteiger partial charge in [0.15, 0.2) is 12.1 Å². The van der Waals surface area contributed by atoms with E-state index in [0.717, 1.165) is 5.32 Å². The summed E-state index contributed by atoms with van der Waals surface area (Å²) in [5.74, 6) is -1.04. The Bertz CT molecular complexity index is 224. The maximum absolute atomic E-state index is 12.0. The van der Waals surface area contributed by atoms with Gasteiger partial charge in [-0.25, -0.2) is 0 Å². The summed E-state index contributed by atoms with van der Waals surface area (Å²) in [5, 5.41) is 0.969. The summed E-state index contributed by atoms with van der Waals surface area (Å²) in [6.07, 6.45) is -0.200. The van der Waals surface area contributed by atoms with Crippen LogP contribution in [0.5, 0.6) is 0 Å². The molecule has 0 atom stereocenters. The molecule has 1 rings (SSSR count). The highest BCUT2D eigenvalue weighted by molar-refractivity contribution is 6.27. The van der Waals surface area contributed by atoms with Gasteiger partial charge in [-0.15, -0.1) is 0 Å². The van der Waals surface area contributed by atoms with E-state index in [1.54, 1.807) is 0 Å². The van der Waals surface area contributed by atoms with E-state index >= 15 is 0 Å². The van der Waals surface area contributed by atoms with Crippen LogP contribution >= 0.6 is 0 Å². The van der Waals surface area contributed by atoms with Crippen LogP contribution in [0.1, 0.15) is 0 Å². The second-order valence-electron chi connectivity index (χ2n) is 1.86. The third-order valence-electron chi connectivity index (χ3n) is 1.04. The summed E-state index contributed by atoms with van der Waals surface area (Å²) in [7, 11) is 0. The van der Waals surface area contributed by atoms with Crippen molar-refractivity contribution in [2.24, 2.45) is 4.99 Å². The zero-order chi connectivity index (χ0) is 8.70. The summed E-state index contributed by atoms with van der Waals surface area (Å²) in [4.78, 5) is 11.9. The van der Waals surface area contributed by atoms with Crippen LogP contribution in [0, 0.1) is 0 Å². The van der Waals surface area contributed by atoms with E-state index in [1.165, 1.54) is 0 Å². The van der Waals surface area contributed by atoms with Crippen molar-refractivity contribution in [3.63, 3.8) is 0 Å². The monoisotopic (exact) mass is 170 g/mol. The van der Waals surface area contributed by atoms with E-state index in [9.17, 15) is 22.4 Å². The molecular formula is C4H2F4N2O. The number of nitrogens with zero attached hydrogens (tertiary/aromatic N) is 1. The molecule has 0 unspecified atom stereocenters. The van der Waals surface area contributed by atoms with Gasteiger partial charge in [-0.3, -0.25) is 4.79 Å². The number of amidine groups is 1. The fourth-order valence-electron chi connectivity index (χ4n) is 0.541. The highest BCUT2D eigenvalue weighted by atomic mass is 19.3. The van der Waals surface area contributed by atoms with Crippen LogP contribution in [0.4, 0.5) is 17.6 Å². The number of carbonyl (C=O) groups is 1. The molecular weight excluding hydrogens is 168 g/mol. The van der Waals surface area contributed by atoms with Crippen LogP contribution in [0.25, 0.3) is 0 Å². The second-order valence-corrected chi connectivity index (χ2v) is 1.86. The Morgan fingerprint density at radius 2 is 1.91 bits per heavy atom. The molecule has 0 bridgehead atoms. The quantitative estimate of drug-likeness (QED) is 0.351. The molecule has 0 amide bonds. The maximum Gasteiger partial charge on any atom is 0.427 e. The third-order valence-corrected chi connectivity index (χ3v) is 1.04. The summed E-state index contributed by atoms with van der Waals surface area (Å²) < 4.78 is 48.1. The molecule has 0 fully saturated rings. The number of aldehydes is 1. The molecule has 0 saturated carbocycles. The van der Waals surface area contributed by atoms with Crippen molar-refractivity contribution < 1.29 is 22.4 Å². The minimum atomic E-state index is -4.52. The number of nitrogens with one attached hydrogen (secondary N) is 1. The van der Waals surface area contributed by atoms with Gasteiger partial charge >= 0.3 is 12.1 Å². The van der Waals surface area contributed by atoms with Gasteiger partial charge in [-0.2, -0.15) is 22.6 Å².